The predicted molar refractivity (Wildman–Crippen MR) is 78.1 cm³/mol. The maximum Gasteiger partial charge on any atom is 0.161 e. The number of benzene rings is 1. The molecule has 0 saturated carbocycles. The highest BCUT2D eigenvalue weighted by molar-refractivity contribution is 5.43. The molecule has 3 nitrogen and oxygen atoms in total. The van der Waals surface area contributed by atoms with Crippen LogP contribution in [0.2, 0.25) is 0 Å². The summed E-state index contributed by atoms with van der Waals surface area (Å²) in [5.41, 5.74) is 1.60. The highest BCUT2D eigenvalue weighted by Crippen LogP contribution is 2.32. The summed E-state index contributed by atoms with van der Waals surface area (Å²) in [5.74, 6) is 1.67. The minimum Gasteiger partial charge on any atom is -0.493 e. The third-order valence-corrected chi connectivity index (χ3v) is 4.08. The largest absolute Gasteiger partial charge is 0.493 e. The van der Waals surface area contributed by atoms with Crippen LogP contribution in [0.25, 0.3) is 0 Å². The summed E-state index contributed by atoms with van der Waals surface area (Å²) in [6, 6.07) is 6.29. The fourth-order valence-electron chi connectivity index (χ4n) is 2.94. The minimum atomic E-state index is 0.276. The second-order valence-electron chi connectivity index (χ2n) is 5.26. The average Bonchev–Trinajstić information content (AvgIpc) is 2.89. The first kappa shape index (κ1) is 14.2. The van der Waals surface area contributed by atoms with E-state index in [0.29, 0.717) is 6.61 Å². The molecule has 0 radical (unpaired) electrons. The highest BCUT2D eigenvalue weighted by Gasteiger charge is 2.31. The molecular weight excluding hydrogens is 238 g/mol. The zero-order valence-corrected chi connectivity index (χ0v) is 12.3. The van der Waals surface area contributed by atoms with E-state index < -0.39 is 0 Å². The van der Waals surface area contributed by atoms with E-state index in [1.54, 1.807) is 7.11 Å². The third kappa shape index (κ3) is 3.21. The first-order valence-electron chi connectivity index (χ1n) is 7.28. The summed E-state index contributed by atoms with van der Waals surface area (Å²) >= 11 is 0. The van der Waals surface area contributed by atoms with E-state index >= 15 is 0 Å². The van der Waals surface area contributed by atoms with Gasteiger partial charge in [0, 0.05) is 5.54 Å². The Labute approximate surface area is 116 Å². The molecule has 0 aromatic heterocycles. The Balaban J connectivity index is 2.18. The van der Waals surface area contributed by atoms with Crippen LogP contribution in [0.3, 0.4) is 0 Å². The summed E-state index contributed by atoms with van der Waals surface area (Å²) < 4.78 is 11.0. The summed E-state index contributed by atoms with van der Waals surface area (Å²) in [5, 5.41) is 3.68. The van der Waals surface area contributed by atoms with Crippen LogP contribution in [-0.2, 0) is 6.42 Å². The Kier molecular flexibility index (Phi) is 4.70. The van der Waals surface area contributed by atoms with Gasteiger partial charge in [0.15, 0.2) is 11.5 Å². The van der Waals surface area contributed by atoms with Crippen molar-refractivity contribution in [2.75, 3.05) is 20.3 Å². The Morgan fingerprint density at radius 3 is 2.68 bits per heavy atom. The molecule has 0 aliphatic carbocycles. The number of rotatable bonds is 6. The number of ether oxygens (including phenoxy) is 2. The van der Waals surface area contributed by atoms with Crippen LogP contribution in [0.15, 0.2) is 18.2 Å². The quantitative estimate of drug-likeness (QED) is 0.855. The molecule has 1 aromatic carbocycles. The van der Waals surface area contributed by atoms with Crippen molar-refractivity contribution >= 4 is 0 Å². The zero-order chi connectivity index (χ0) is 13.7. The smallest absolute Gasteiger partial charge is 0.161 e. The molecule has 1 atom stereocenters. The number of nitrogens with one attached hydrogen (secondary N) is 1. The summed E-state index contributed by atoms with van der Waals surface area (Å²) in [6.45, 7) is 6.07. The van der Waals surface area contributed by atoms with Crippen LogP contribution in [-0.4, -0.2) is 25.8 Å². The summed E-state index contributed by atoms with van der Waals surface area (Å²) in [6.07, 6.45) is 4.78. The summed E-state index contributed by atoms with van der Waals surface area (Å²) in [7, 11) is 1.68. The van der Waals surface area contributed by atoms with Crippen LogP contribution in [0, 0.1) is 0 Å². The molecule has 1 saturated heterocycles. The lowest BCUT2D eigenvalue weighted by Crippen LogP contribution is -2.41. The fraction of sp³-hybridized carbons (Fsp3) is 0.625. The van der Waals surface area contributed by atoms with Crippen LogP contribution in [0.4, 0.5) is 0 Å². The third-order valence-electron chi connectivity index (χ3n) is 4.08. The molecule has 1 aromatic rings. The molecule has 0 amide bonds. The highest BCUT2D eigenvalue weighted by atomic mass is 16.5. The number of hydrogen-bond donors (Lipinski definition) is 1. The number of hydrogen-bond acceptors (Lipinski definition) is 3. The van der Waals surface area contributed by atoms with Gasteiger partial charge in [0.2, 0.25) is 0 Å². The molecule has 0 spiro atoms. The van der Waals surface area contributed by atoms with E-state index in [9.17, 15) is 0 Å². The number of methoxy groups -OCH3 is 1. The Morgan fingerprint density at radius 1 is 1.26 bits per heavy atom. The van der Waals surface area contributed by atoms with E-state index in [0.717, 1.165) is 24.5 Å². The van der Waals surface area contributed by atoms with Crippen molar-refractivity contribution in [3.05, 3.63) is 23.8 Å². The first-order chi connectivity index (χ1) is 9.23. The van der Waals surface area contributed by atoms with E-state index in [2.05, 4.69) is 24.4 Å². The van der Waals surface area contributed by atoms with Crippen molar-refractivity contribution in [2.45, 2.75) is 45.1 Å². The molecule has 1 N–H and O–H groups in total. The Bertz CT molecular complexity index is 411. The van der Waals surface area contributed by atoms with E-state index in [1.807, 2.05) is 13.0 Å². The van der Waals surface area contributed by atoms with Crippen molar-refractivity contribution in [1.82, 2.24) is 5.32 Å². The molecule has 1 heterocycles. The standard InChI is InChI=1S/C16H25NO2/c1-4-16(9-6-10-17-16)12-13-7-8-14(18-3)15(11-13)19-5-2/h7-8,11,17H,4-6,9-10,12H2,1-3H3. The van der Waals surface area contributed by atoms with Gasteiger partial charge in [-0.1, -0.05) is 13.0 Å². The van der Waals surface area contributed by atoms with E-state index in [1.165, 1.54) is 24.8 Å². The van der Waals surface area contributed by atoms with Crippen LogP contribution in [0.5, 0.6) is 11.5 Å². The summed E-state index contributed by atoms with van der Waals surface area (Å²) in [4.78, 5) is 0. The molecule has 1 aliphatic heterocycles. The molecule has 0 bridgehead atoms. The van der Waals surface area contributed by atoms with E-state index in [4.69, 9.17) is 9.47 Å². The van der Waals surface area contributed by atoms with Crippen molar-refractivity contribution in [3.8, 4) is 11.5 Å². The van der Waals surface area contributed by atoms with Gasteiger partial charge in [-0.25, -0.2) is 0 Å². The van der Waals surface area contributed by atoms with Gasteiger partial charge in [-0.15, -0.1) is 0 Å². The molecule has 1 unspecified atom stereocenters. The molecule has 1 fully saturated rings. The first-order valence-corrected chi connectivity index (χ1v) is 7.28. The maximum absolute atomic E-state index is 5.65. The van der Waals surface area contributed by atoms with Gasteiger partial charge in [0.1, 0.15) is 0 Å². The normalized spacial score (nSPS) is 22.5. The predicted octanol–water partition coefficient (Wildman–Crippen LogP) is 3.17. The second kappa shape index (κ2) is 6.29. The average molecular weight is 263 g/mol. The van der Waals surface area contributed by atoms with Crippen LogP contribution >= 0.6 is 0 Å². The van der Waals surface area contributed by atoms with Crippen LogP contribution in [0.1, 0.15) is 38.7 Å². The maximum atomic E-state index is 5.65. The van der Waals surface area contributed by atoms with Crippen molar-refractivity contribution in [1.29, 1.82) is 0 Å². The molecule has 3 heteroatoms. The van der Waals surface area contributed by atoms with Gasteiger partial charge in [-0.05, 0) is 56.8 Å². The Morgan fingerprint density at radius 2 is 2.11 bits per heavy atom. The lowest BCUT2D eigenvalue weighted by atomic mass is 9.87. The van der Waals surface area contributed by atoms with Crippen molar-refractivity contribution in [3.63, 3.8) is 0 Å². The van der Waals surface area contributed by atoms with Gasteiger partial charge < -0.3 is 14.8 Å². The lowest BCUT2D eigenvalue weighted by molar-refractivity contribution is 0.309. The molecule has 2 rings (SSSR count). The Hall–Kier alpha value is -1.22. The molecule has 106 valence electrons. The van der Waals surface area contributed by atoms with Gasteiger partial charge in [0.05, 0.1) is 13.7 Å². The van der Waals surface area contributed by atoms with Crippen molar-refractivity contribution < 1.29 is 9.47 Å². The SMILES string of the molecule is CCOc1cc(CC2(CC)CCCN2)ccc1OC. The van der Waals surface area contributed by atoms with Crippen LogP contribution < -0.4 is 14.8 Å². The van der Waals surface area contributed by atoms with Gasteiger partial charge in [-0.3, -0.25) is 0 Å². The zero-order valence-electron chi connectivity index (χ0n) is 12.3. The lowest BCUT2D eigenvalue weighted by Gasteiger charge is -2.28. The van der Waals surface area contributed by atoms with Gasteiger partial charge >= 0.3 is 0 Å². The van der Waals surface area contributed by atoms with Gasteiger partial charge in [-0.2, -0.15) is 0 Å². The molecule has 19 heavy (non-hydrogen) atoms. The molecular formula is C16H25NO2. The second-order valence-corrected chi connectivity index (χ2v) is 5.26. The fourth-order valence-corrected chi connectivity index (χ4v) is 2.94. The molecule has 1 aliphatic rings. The minimum absolute atomic E-state index is 0.276. The van der Waals surface area contributed by atoms with E-state index in [-0.39, 0.29) is 5.54 Å². The van der Waals surface area contributed by atoms with Crippen molar-refractivity contribution in [2.24, 2.45) is 0 Å². The monoisotopic (exact) mass is 263 g/mol. The topological polar surface area (TPSA) is 30.5 Å². The van der Waals surface area contributed by atoms with Gasteiger partial charge in [0.25, 0.3) is 0 Å².